The Morgan fingerprint density at radius 1 is 1.06 bits per heavy atom. The van der Waals surface area contributed by atoms with Gasteiger partial charge < -0.3 is 10.1 Å². The van der Waals surface area contributed by atoms with Crippen LogP contribution in [0.5, 0.6) is 0 Å². The summed E-state index contributed by atoms with van der Waals surface area (Å²) in [5, 5.41) is 3.83. The first kappa shape index (κ1) is 20.5. The maximum absolute atomic E-state index is 12.9. The van der Waals surface area contributed by atoms with Crippen LogP contribution < -0.4 is 5.32 Å². The van der Waals surface area contributed by atoms with Gasteiger partial charge in [0.2, 0.25) is 10.0 Å². The molecule has 1 fully saturated rings. The summed E-state index contributed by atoms with van der Waals surface area (Å²) < 4.78 is 32.2. The summed E-state index contributed by atoms with van der Waals surface area (Å²) in [7, 11) is -3.59. The molecule has 1 saturated heterocycles. The van der Waals surface area contributed by atoms with Crippen LogP contribution in [0, 0.1) is 0 Å². The van der Waals surface area contributed by atoms with Crippen molar-refractivity contribution >= 4 is 43.3 Å². The number of nitrogens with zero attached hydrogens (tertiary/aromatic N) is 3. The first-order chi connectivity index (χ1) is 15.0. The summed E-state index contributed by atoms with van der Waals surface area (Å²) in [6.45, 7) is 1.44. The van der Waals surface area contributed by atoms with Gasteiger partial charge in [0.25, 0.3) is 5.91 Å². The van der Waals surface area contributed by atoms with Crippen LogP contribution in [0.15, 0.2) is 35.5 Å². The van der Waals surface area contributed by atoms with Gasteiger partial charge in [-0.2, -0.15) is 4.31 Å². The van der Waals surface area contributed by atoms with Crippen LogP contribution in [0.4, 0.5) is 5.82 Å². The topological polar surface area (TPSA) is 101 Å². The average Bonchev–Trinajstić information content (AvgIpc) is 3.19. The van der Waals surface area contributed by atoms with Gasteiger partial charge in [-0.1, -0.05) is 0 Å². The number of thiophene rings is 1. The molecule has 2 aliphatic rings. The molecule has 0 atom stereocenters. The number of hydrogen-bond donors (Lipinski definition) is 1. The molecule has 0 saturated carbocycles. The van der Waals surface area contributed by atoms with Crippen LogP contribution >= 0.6 is 11.3 Å². The molecular formula is C21H22N4O4S2. The number of fused-ring (bicyclic) bond motifs is 3. The van der Waals surface area contributed by atoms with E-state index in [4.69, 9.17) is 4.74 Å². The normalized spacial score (nSPS) is 17.4. The minimum atomic E-state index is -3.59. The van der Waals surface area contributed by atoms with Crippen molar-refractivity contribution < 1.29 is 17.9 Å². The Morgan fingerprint density at radius 2 is 1.81 bits per heavy atom. The number of benzene rings is 1. The highest BCUT2D eigenvalue weighted by molar-refractivity contribution is 7.89. The molecule has 162 valence electrons. The lowest BCUT2D eigenvalue weighted by Gasteiger charge is -2.26. The number of carbonyl (C=O) groups is 1. The van der Waals surface area contributed by atoms with Crippen LogP contribution in [0.2, 0.25) is 0 Å². The fourth-order valence-corrected chi connectivity index (χ4v) is 6.72. The van der Waals surface area contributed by atoms with E-state index in [1.807, 2.05) is 0 Å². The molecule has 1 aliphatic heterocycles. The van der Waals surface area contributed by atoms with Crippen molar-refractivity contribution in [1.29, 1.82) is 0 Å². The van der Waals surface area contributed by atoms with E-state index in [1.165, 1.54) is 51.8 Å². The highest BCUT2D eigenvalue weighted by atomic mass is 32.2. The van der Waals surface area contributed by atoms with Gasteiger partial charge in [0, 0.05) is 23.5 Å². The molecule has 1 N–H and O–H groups in total. The third-order valence-corrected chi connectivity index (χ3v) is 8.82. The quantitative estimate of drug-likeness (QED) is 0.645. The fourth-order valence-electron chi connectivity index (χ4n) is 4.08. The van der Waals surface area contributed by atoms with Crippen molar-refractivity contribution in [2.75, 3.05) is 31.6 Å². The van der Waals surface area contributed by atoms with Gasteiger partial charge in [-0.15, -0.1) is 11.3 Å². The van der Waals surface area contributed by atoms with Crippen molar-refractivity contribution in [3.8, 4) is 0 Å². The van der Waals surface area contributed by atoms with Gasteiger partial charge in [-0.25, -0.2) is 18.4 Å². The van der Waals surface area contributed by atoms with Gasteiger partial charge >= 0.3 is 0 Å². The Morgan fingerprint density at radius 3 is 2.58 bits per heavy atom. The molecule has 2 aromatic heterocycles. The smallest absolute Gasteiger partial charge is 0.256 e. The lowest BCUT2D eigenvalue weighted by molar-refractivity contribution is 0.0730. The standard InChI is InChI=1S/C21H22N4O4S2/c26-20(14-5-7-15(8-6-14)31(27,28)25-9-11-29-12-10-25)24-19-18-16-3-1-2-4-17(16)30-21(18)23-13-22-19/h5-8,13H,1-4,9-12H2,(H,22,23,24,26). The predicted octanol–water partition coefficient (Wildman–Crippen LogP) is 2.84. The maximum atomic E-state index is 12.9. The van der Waals surface area contributed by atoms with E-state index in [9.17, 15) is 13.2 Å². The predicted molar refractivity (Wildman–Crippen MR) is 118 cm³/mol. The molecule has 1 aromatic carbocycles. The Bertz CT molecular complexity index is 1230. The number of sulfonamides is 1. The largest absolute Gasteiger partial charge is 0.379 e. The van der Waals surface area contributed by atoms with Crippen molar-refractivity contribution in [3.63, 3.8) is 0 Å². The lowest BCUT2D eigenvalue weighted by atomic mass is 9.97. The zero-order valence-corrected chi connectivity index (χ0v) is 18.5. The third kappa shape index (κ3) is 3.84. The molecule has 0 unspecified atom stereocenters. The second-order valence-electron chi connectivity index (χ2n) is 7.61. The van der Waals surface area contributed by atoms with Crippen molar-refractivity contribution in [3.05, 3.63) is 46.6 Å². The minimum Gasteiger partial charge on any atom is -0.379 e. The summed E-state index contributed by atoms with van der Waals surface area (Å²) in [5.74, 6) is 0.186. The van der Waals surface area contributed by atoms with Gasteiger partial charge in [-0.3, -0.25) is 4.79 Å². The molecule has 1 amide bonds. The number of carbonyl (C=O) groups excluding carboxylic acids is 1. The Hall–Kier alpha value is -2.40. The van der Waals surface area contributed by atoms with Crippen LogP contribution in [-0.4, -0.2) is 54.9 Å². The number of nitrogens with one attached hydrogen (secondary N) is 1. The lowest BCUT2D eigenvalue weighted by Crippen LogP contribution is -2.40. The second-order valence-corrected chi connectivity index (χ2v) is 10.6. The summed E-state index contributed by atoms with van der Waals surface area (Å²) in [4.78, 5) is 24.0. The molecule has 10 heteroatoms. The zero-order chi connectivity index (χ0) is 21.4. The molecule has 0 bridgehead atoms. The van der Waals surface area contributed by atoms with Crippen molar-refractivity contribution in [2.45, 2.75) is 30.6 Å². The first-order valence-corrected chi connectivity index (χ1v) is 12.5. The van der Waals surface area contributed by atoms with Crippen LogP contribution in [0.3, 0.4) is 0 Å². The molecule has 3 heterocycles. The van der Waals surface area contributed by atoms with E-state index >= 15 is 0 Å². The summed E-state index contributed by atoms with van der Waals surface area (Å²) in [6, 6.07) is 6.01. The molecule has 1 aliphatic carbocycles. The number of rotatable bonds is 4. The molecule has 3 aromatic rings. The van der Waals surface area contributed by atoms with E-state index < -0.39 is 10.0 Å². The molecular weight excluding hydrogens is 436 g/mol. The van der Waals surface area contributed by atoms with Gasteiger partial charge in [0.05, 0.1) is 23.5 Å². The Balaban J connectivity index is 1.38. The van der Waals surface area contributed by atoms with Crippen molar-refractivity contribution in [2.24, 2.45) is 0 Å². The van der Waals surface area contributed by atoms with E-state index in [0.29, 0.717) is 37.7 Å². The van der Waals surface area contributed by atoms with E-state index in [0.717, 1.165) is 29.5 Å². The monoisotopic (exact) mass is 458 g/mol. The molecule has 0 radical (unpaired) electrons. The van der Waals surface area contributed by atoms with Crippen molar-refractivity contribution in [1.82, 2.24) is 14.3 Å². The van der Waals surface area contributed by atoms with Gasteiger partial charge in [-0.05, 0) is 55.5 Å². The fraction of sp³-hybridized carbons (Fsp3) is 0.381. The van der Waals surface area contributed by atoms with Crippen LogP contribution in [0.1, 0.15) is 33.6 Å². The van der Waals surface area contributed by atoms with E-state index in [2.05, 4.69) is 15.3 Å². The molecule has 0 spiro atoms. The average molecular weight is 459 g/mol. The number of ether oxygens (including phenoxy) is 1. The Kier molecular flexibility index (Phi) is 5.47. The molecule has 31 heavy (non-hydrogen) atoms. The SMILES string of the molecule is O=C(Nc1ncnc2sc3c(c12)CCCC3)c1ccc(S(=O)(=O)N2CCOCC2)cc1. The minimum absolute atomic E-state index is 0.169. The van der Waals surface area contributed by atoms with Gasteiger partial charge in [0.1, 0.15) is 17.0 Å². The number of morpholine rings is 1. The maximum Gasteiger partial charge on any atom is 0.256 e. The van der Waals surface area contributed by atoms with E-state index in [1.54, 1.807) is 11.3 Å². The number of anilines is 1. The molecule has 8 nitrogen and oxygen atoms in total. The van der Waals surface area contributed by atoms with Gasteiger partial charge in [0.15, 0.2) is 0 Å². The first-order valence-electron chi connectivity index (χ1n) is 10.3. The zero-order valence-electron chi connectivity index (χ0n) is 16.8. The highest BCUT2D eigenvalue weighted by Gasteiger charge is 2.26. The highest BCUT2D eigenvalue weighted by Crippen LogP contribution is 2.38. The van der Waals surface area contributed by atoms with Crippen LogP contribution in [0.25, 0.3) is 10.2 Å². The number of aromatic nitrogens is 2. The Labute approximate surface area is 184 Å². The van der Waals surface area contributed by atoms with E-state index in [-0.39, 0.29) is 10.8 Å². The third-order valence-electron chi connectivity index (χ3n) is 5.71. The molecule has 5 rings (SSSR count). The summed E-state index contributed by atoms with van der Waals surface area (Å²) >= 11 is 1.67. The summed E-state index contributed by atoms with van der Waals surface area (Å²) in [5.41, 5.74) is 1.62. The number of hydrogen-bond acceptors (Lipinski definition) is 7. The van der Waals surface area contributed by atoms with Crippen LogP contribution in [-0.2, 0) is 27.6 Å². The number of aryl methyl sites for hydroxylation is 2. The second kappa shape index (κ2) is 8.27. The number of amides is 1. The summed E-state index contributed by atoms with van der Waals surface area (Å²) in [6.07, 6.45) is 5.79.